The van der Waals surface area contributed by atoms with Gasteiger partial charge in [-0.05, 0) is 45.6 Å². The first-order valence-electron chi connectivity index (χ1n) is 4.67. The van der Waals surface area contributed by atoms with E-state index in [1.807, 2.05) is 17.5 Å². The van der Waals surface area contributed by atoms with Gasteiger partial charge in [-0.25, -0.2) is 4.39 Å². The summed E-state index contributed by atoms with van der Waals surface area (Å²) in [5.41, 5.74) is 0.529. The molecule has 1 aromatic carbocycles. The minimum Gasteiger partial charge on any atom is -0.294 e. The van der Waals surface area contributed by atoms with Crippen LogP contribution in [0.15, 0.2) is 40.2 Å². The molecule has 0 fully saturated rings. The lowest BCUT2D eigenvalue weighted by molar-refractivity contribution is 0.0993. The number of carbonyl (C=O) groups is 1. The van der Waals surface area contributed by atoms with Gasteiger partial charge in [-0.15, -0.1) is 11.3 Å². The average molecular weight is 299 g/mol. The molecule has 82 valence electrons. The second-order valence-electron chi connectivity index (χ2n) is 3.31. The third-order valence-electron chi connectivity index (χ3n) is 2.16. The Morgan fingerprint density at radius 1 is 1.38 bits per heavy atom. The molecule has 0 atom stereocenters. The fourth-order valence-corrected chi connectivity index (χ4v) is 2.43. The summed E-state index contributed by atoms with van der Waals surface area (Å²) in [5.74, 6) is -0.351. The zero-order valence-corrected chi connectivity index (χ0v) is 10.6. The third-order valence-corrected chi connectivity index (χ3v) is 3.64. The van der Waals surface area contributed by atoms with Crippen molar-refractivity contribution in [1.82, 2.24) is 0 Å². The van der Waals surface area contributed by atoms with Gasteiger partial charge in [0.05, 0.1) is 4.47 Å². The van der Waals surface area contributed by atoms with Crippen LogP contribution in [0.3, 0.4) is 0 Å². The fraction of sp³-hybridized carbons (Fsp3) is 0.0833. The molecule has 0 saturated carbocycles. The Morgan fingerprint density at radius 2 is 2.19 bits per heavy atom. The molecule has 0 spiro atoms. The maximum Gasteiger partial charge on any atom is 0.168 e. The molecule has 0 aliphatic carbocycles. The maximum atomic E-state index is 13.0. The highest BCUT2D eigenvalue weighted by Crippen LogP contribution is 2.19. The molecule has 2 aromatic rings. The number of hydrogen-bond donors (Lipinski definition) is 0. The van der Waals surface area contributed by atoms with Gasteiger partial charge < -0.3 is 0 Å². The standard InChI is InChI=1S/C12H8BrFOS/c13-10-6-8(3-4-11(10)14)12(15)7-9-2-1-5-16-9/h1-6H,7H2. The molecule has 0 amide bonds. The summed E-state index contributed by atoms with van der Waals surface area (Å²) in [5, 5.41) is 1.93. The van der Waals surface area contributed by atoms with E-state index in [-0.39, 0.29) is 11.6 Å². The summed E-state index contributed by atoms with van der Waals surface area (Å²) in [4.78, 5) is 12.9. The second kappa shape index (κ2) is 4.89. The van der Waals surface area contributed by atoms with E-state index in [4.69, 9.17) is 0 Å². The van der Waals surface area contributed by atoms with Crippen LogP contribution in [0.5, 0.6) is 0 Å². The Kier molecular flexibility index (Phi) is 3.51. The molecular weight excluding hydrogens is 291 g/mol. The first-order chi connectivity index (χ1) is 7.66. The Labute approximate surface area is 105 Å². The number of rotatable bonds is 3. The van der Waals surface area contributed by atoms with E-state index in [2.05, 4.69) is 15.9 Å². The van der Waals surface area contributed by atoms with Crippen molar-refractivity contribution in [2.24, 2.45) is 0 Å². The van der Waals surface area contributed by atoms with Gasteiger partial charge in [-0.2, -0.15) is 0 Å². The molecule has 16 heavy (non-hydrogen) atoms. The first kappa shape index (κ1) is 11.5. The van der Waals surface area contributed by atoms with Crippen LogP contribution in [0.4, 0.5) is 4.39 Å². The van der Waals surface area contributed by atoms with Crippen molar-refractivity contribution >= 4 is 33.0 Å². The minimum absolute atomic E-state index is 0.00292. The molecule has 2 rings (SSSR count). The smallest absolute Gasteiger partial charge is 0.168 e. The summed E-state index contributed by atoms with van der Waals surface area (Å²) in [6.07, 6.45) is 0.371. The van der Waals surface area contributed by atoms with Crippen molar-refractivity contribution in [3.63, 3.8) is 0 Å². The highest BCUT2D eigenvalue weighted by atomic mass is 79.9. The van der Waals surface area contributed by atoms with E-state index in [1.54, 1.807) is 11.3 Å². The molecule has 0 radical (unpaired) electrons. The molecule has 0 N–H and O–H groups in total. The number of halogens is 2. The van der Waals surface area contributed by atoms with E-state index < -0.39 is 0 Å². The number of hydrogen-bond acceptors (Lipinski definition) is 2. The largest absolute Gasteiger partial charge is 0.294 e. The van der Waals surface area contributed by atoms with E-state index in [9.17, 15) is 9.18 Å². The van der Waals surface area contributed by atoms with Gasteiger partial charge in [-0.1, -0.05) is 6.07 Å². The van der Waals surface area contributed by atoms with Gasteiger partial charge in [0, 0.05) is 16.9 Å². The molecule has 1 heterocycles. The number of ketones is 1. The monoisotopic (exact) mass is 298 g/mol. The molecule has 0 saturated heterocycles. The lowest BCUT2D eigenvalue weighted by atomic mass is 10.1. The van der Waals surface area contributed by atoms with Gasteiger partial charge in [0.25, 0.3) is 0 Å². The van der Waals surface area contributed by atoms with Crippen molar-refractivity contribution in [2.75, 3.05) is 0 Å². The van der Waals surface area contributed by atoms with Gasteiger partial charge in [-0.3, -0.25) is 4.79 Å². The first-order valence-corrected chi connectivity index (χ1v) is 6.35. The van der Waals surface area contributed by atoms with Crippen LogP contribution in [-0.4, -0.2) is 5.78 Å². The fourth-order valence-electron chi connectivity index (χ4n) is 1.34. The van der Waals surface area contributed by atoms with Gasteiger partial charge in [0.2, 0.25) is 0 Å². The van der Waals surface area contributed by atoms with Crippen LogP contribution in [0.25, 0.3) is 0 Å². The van der Waals surface area contributed by atoms with Crippen molar-refractivity contribution < 1.29 is 9.18 Å². The Bertz CT molecular complexity index is 508. The van der Waals surface area contributed by atoms with Crippen LogP contribution in [0, 0.1) is 5.82 Å². The van der Waals surface area contributed by atoms with Gasteiger partial charge in [0.1, 0.15) is 5.82 Å². The molecule has 0 bridgehead atoms. The molecule has 1 aromatic heterocycles. The number of benzene rings is 1. The lowest BCUT2D eigenvalue weighted by Crippen LogP contribution is -2.02. The zero-order chi connectivity index (χ0) is 11.5. The molecule has 0 aliphatic rings. The van der Waals surface area contributed by atoms with Gasteiger partial charge >= 0.3 is 0 Å². The Balaban J connectivity index is 2.18. The average Bonchev–Trinajstić information content (AvgIpc) is 2.74. The van der Waals surface area contributed by atoms with Crippen LogP contribution < -0.4 is 0 Å². The zero-order valence-electron chi connectivity index (χ0n) is 8.24. The summed E-state index contributed by atoms with van der Waals surface area (Å²) in [6.45, 7) is 0. The highest BCUT2D eigenvalue weighted by molar-refractivity contribution is 9.10. The molecule has 1 nitrogen and oxygen atoms in total. The normalized spacial score (nSPS) is 10.4. The predicted octanol–water partition coefficient (Wildman–Crippen LogP) is 4.08. The van der Waals surface area contributed by atoms with Gasteiger partial charge in [0.15, 0.2) is 5.78 Å². The number of Topliss-reactive ketones (excluding diaryl/α,β-unsaturated/α-hetero) is 1. The highest BCUT2D eigenvalue weighted by Gasteiger charge is 2.09. The molecule has 0 aliphatic heterocycles. The summed E-state index contributed by atoms with van der Waals surface area (Å²) < 4.78 is 13.3. The maximum absolute atomic E-state index is 13.0. The van der Waals surface area contributed by atoms with E-state index in [1.165, 1.54) is 18.2 Å². The lowest BCUT2D eigenvalue weighted by Gasteiger charge is -2.01. The summed E-state index contributed by atoms with van der Waals surface area (Å²) >= 11 is 4.61. The van der Waals surface area contributed by atoms with Crippen LogP contribution >= 0.6 is 27.3 Å². The van der Waals surface area contributed by atoms with E-state index in [0.29, 0.717) is 16.5 Å². The van der Waals surface area contributed by atoms with Crippen LogP contribution in [0.1, 0.15) is 15.2 Å². The van der Waals surface area contributed by atoms with Crippen molar-refractivity contribution in [3.8, 4) is 0 Å². The SMILES string of the molecule is O=C(Cc1cccs1)c1ccc(F)c(Br)c1. The van der Waals surface area contributed by atoms with E-state index >= 15 is 0 Å². The Hall–Kier alpha value is -1.00. The second-order valence-corrected chi connectivity index (χ2v) is 5.19. The van der Waals surface area contributed by atoms with Crippen LogP contribution in [-0.2, 0) is 6.42 Å². The molecular formula is C12H8BrFOS. The van der Waals surface area contributed by atoms with Crippen molar-refractivity contribution in [1.29, 1.82) is 0 Å². The van der Waals surface area contributed by atoms with Crippen LogP contribution in [0.2, 0.25) is 0 Å². The minimum atomic E-state index is -0.354. The third kappa shape index (κ3) is 2.57. The quantitative estimate of drug-likeness (QED) is 0.781. The van der Waals surface area contributed by atoms with Crippen molar-refractivity contribution in [3.05, 3.63) is 56.4 Å². The van der Waals surface area contributed by atoms with Crippen molar-refractivity contribution in [2.45, 2.75) is 6.42 Å². The Morgan fingerprint density at radius 3 is 2.81 bits per heavy atom. The van der Waals surface area contributed by atoms with E-state index in [0.717, 1.165) is 4.88 Å². The number of thiophene rings is 1. The summed E-state index contributed by atoms with van der Waals surface area (Å²) in [6, 6.07) is 8.15. The molecule has 0 unspecified atom stereocenters. The molecule has 4 heteroatoms. The predicted molar refractivity (Wildman–Crippen MR) is 66.5 cm³/mol. The number of carbonyl (C=O) groups excluding carboxylic acids is 1. The summed E-state index contributed by atoms with van der Waals surface area (Å²) in [7, 11) is 0. The topological polar surface area (TPSA) is 17.1 Å².